The van der Waals surface area contributed by atoms with Crippen LogP contribution in [0.25, 0.3) is 0 Å². The molecule has 128 valence electrons. The van der Waals surface area contributed by atoms with Crippen LogP contribution >= 0.6 is 11.6 Å². The number of carbonyl (C=O) groups excluding carboxylic acids is 1. The lowest BCUT2D eigenvalue weighted by Gasteiger charge is -2.15. The highest BCUT2D eigenvalue weighted by Crippen LogP contribution is 2.25. The molecule has 1 N–H and O–H groups in total. The first kappa shape index (κ1) is 18.2. The summed E-state index contributed by atoms with van der Waals surface area (Å²) in [5, 5.41) is 2.72. The third-order valence-corrected chi connectivity index (χ3v) is 4.56. The van der Waals surface area contributed by atoms with Crippen LogP contribution in [0.5, 0.6) is 5.75 Å². The van der Waals surface area contributed by atoms with E-state index in [4.69, 9.17) is 16.3 Å². The van der Waals surface area contributed by atoms with Gasteiger partial charge in [-0.1, -0.05) is 11.6 Å². The zero-order valence-electron chi connectivity index (χ0n) is 12.9. The Labute approximate surface area is 144 Å². The Balaban J connectivity index is 2.12. The Morgan fingerprint density at radius 1 is 1.21 bits per heavy atom. The summed E-state index contributed by atoms with van der Waals surface area (Å²) < 4.78 is 41.4. The van der Waals surface area contributed by atoms with Gasteiger partial charge in [-0.05, 0) is 49.4 Å². The number of ether oxygens (including phenoxy) is 1. The molecule has 2 rings (SSSR count). The molecule has 1 atom stereocenters. The Bertz CT molecular complexity index is 853. The van der Waals surface area contributed by atoms with Crippen molar-refractivity contribution in [2.24, 2.45) is 0 Å². The van der Waals surface area contributed by atoms with Crippen LogP contribution in [-0.4, -0.2) is 26.7 Å². The molecule has 2 aromatic carbocycles. The van der Waals surface area contributed by atoms with Crippen LogP contribution in [0.15, 0.2) is 47.4 Å². The fourth-order valence-corrected chi connectivity index (χ4v) is 2.65. The van der Waals surface area contributed by atoms with Gasteiger partial charge in [0.25, 0.3) is 5.91 Å². The maximum Gasteiger partial charge on any atom is 0.265 e. The van der Waals surface area contributed by atoms with E-state index < -0.39 is 27.7 Å². The van der Waals surface area contributed by atoms with Gasteiger partial charge < -0.3 is 10.1 Å². The van der Waals surface area contributed by atoms with Crippen molar-refractivity contribution in [3.8, 4) is 5.75 Å². The fourth-order valence-electron chi connectivity index (χ4n) is 1.84. The van der Waals surface area contributed by atoms with Gasteiger partial charge in [-0.3, -0.25) is 4.79 Å². The summed E-state index contributed by atoms with van der Waals surface area (Å²) in [6.45, 7) is 1.51. The molecule has 0 aliphatic carbocycles. The van der Waals surface area contributed by atoms with E-state index >= 15 is 0 Å². The minimum Gasteiger partial charge on any atom is -0.481 e. The van der Waals surface area contributed by atoms with Crippen LogP contribution in [0, 0.1) is 5.82 Å². The molecule has 0 spiro atoms. The number of hydrogen-bond acceptors (Lipinski definition) is 4. The number of nitrogens with one attached hydrogen (secondary N) is 1. The third kappa shape index (κ3) is 4.69. The summed E-state index contributed by atoms with van der Waals surface area (Å²) in [7, 11) is -3.43. The van der Waals surface area contributed by atoms with E-state index in [2.05, 4.69) is 5.32 Å². The minimum atomic E-state index is -3.43. The zero-order chi connectivity index (χ0) is 17.9. The predicted octanol–water partition coefficient (Wildman–Crippen LogP) is 3.29. The maximum absolute atomic E-state index is 12.9. The summed E-state index contributed by atoms with van der Waals surface area (Å²) in [6.07, 6.45) is 0.163. The molecule has 0 saturated heterocycles. The number of benzene rings is 2. The summed E-state index contributed by atoms with van der Waals surface area (Å²) in [4.78, 5) is 12.2. The third-order valence-electron chi connectivity index (χ3n) is 3.12. The highest BCUT2D eigenvalue weighted by molar-refractivity contribution is 7.90. The number of anilines is 1. The molecule has 0 aromatic heterocycles. The number of sulfone groups is 1. The van der Waals surface area contributed by atoms with Gasteiger partial charge in [-0.25, -0.2) is 12.8 Å². The highest BCUT2D eigenvalue weighted by Gasteiger charge is 2.18. The van der Waals surface area contributed by atoms with Crippen LogP contribution in [0.2, 0.25) is 5.02 Å². The molecule has 0 aliphatic rings. The quantitative estimate of drug-likeness (QED) is 0.875. The van der Waals surface area contributed by atoms with Crippen molar-refractivity contribution in [3.63, 3.8) is 0 Å². The second-order valence-corrected chi connectivity index (χ2v) is 7.54. The number of hydrogen-bond donors (Lipinski definition) is 1. The van der Waals surface area contributed by atoms with Gasteiger partial charge in [0.05, 0.1) is 15.6 Å². The molecule has 0 fully saturated rings. The van der Waals surface area contributed by atoms with Crippen molar-refractivity contribution in [1.29, 1.82) is 0 Å². The molecular formula is C16H15ClFNO4S. The van der Waals surface area contributed by atoms with Crippen molar-refractivity contribution >= 4 is 33.0 Å². The van der Waals surface area contributed by atoms with Crippen molar-refractivity contribution in [2.75, 3.05) is 11.6 Å². The molecule has 0 radical (unpaired) electrons. The van der Waals surface area contributed by atoms with E-state index in [1.807, 2.05) is 0 Å². The van der Waals surface area contributed by atoms with E-state index in [1.165, 1.54) is 49.4 Å². The van der Waals surface area contributed by atoms with E-state index in [0.717, 1.165) is 6.26 Å². The molecule has 24 heavy (non-hydrogen) atoms. The average molecular weight is 372 g/mol. The van der Waals surface area contributed by atoms with Gasteiger partial charge >= 0.3 is 0 Å². The highest BCUT2D eigenvalue weighted by atomic mass is 35.5. The monoisotopic (exact) mass is 371 g/mol. The van der Waals surface area contributed by atoms with Gasteiger partial charge in [0.1, 0.15) is 11.6 Å². The van der Waals surface area contributed by atoms with Gasteiger partial charge in [-0.2, -0.15) is 0 Å². The van der Waals surface area contributed by atoms with Gasteiger partial charge in [-0.15, -0.1) is 0 Å². The van der Waals surface area contributed by atoms with Crippen molar-refractivity contribution in [1.82, 2.24) is 0 Å². The van der Waals surface area contributed by atoms with Gasteiger partial charge in [0.2, 0.25) is 0 Å². The Kier molecular flexibility index (Phi) is 5.46. The van der Waals surface area contributed by atoms with Crippen LogP contribution in [0.3, 0.4) is 0 Å². The Morgan fingerprint density at radius 3 is 2.42 bits per heavy atom. The first-order valence-electron chi connectivity index (χ1n) is 6.89. The van der Waals surface area contributed by atoms with Crippen molar-refractivity contribution in [3.05, 3.63) is 53.3 Å². The second-order valence-electron chi connectivity index (χ2n) is 5.12. The smallest absolute Gasteiger partial charge is 0.265 e. The first-order chi connectivity index (χ1) is 11.2. The lowest BCUT2D eigenvalue weighted by Crippen LogP contribution is -2.30. The second kappa shape index (κ2) is 7.19. The van der Waals surface area contributed by atoms with Crippen LogP contribution in [0.4, 0.5) is 10.1 Å². The molecule has 0 aliphatic heterocycles. The number of carbonyl (C=O) groups is 1. The summed E-state index contributed by atoms with van der Waals surface area (Å²) in [5.74, 6) is -0.606. The standard InChI is InChI=1S/C16H15ClFNO4S/c1-10(23-12-5-3-11(18)4-6-12)16(20)19-15-9-13(24(2,21)22)7-8-14(15)17/h3-10H,1-2H3,(H,19,20). The molecule has 5 nitrogen and oxygen atoms in total. The SMILES string of the molecule is CC(Oc1ccc(F)cc1)C(=O)Nc1cc(S(C)(=O)=O)ccc1Cl. The van der Waals surface area contributed by atoms with Crippen LogP contribution < -0.4 is 10.1 Å². The lowest BCUT2D eigenvalue weighted by atomic mass is 10.3. The number of rotatable bonds is 5. The topological polar surface area (TPSA) is 72.5 Å². The first-order valence-corrected chi connectivity index (χ1v) is 9.16. The molecule has 1 unspecified atom stereocenters. The summed E-state index contributed by atoms with van der Waals surface area (Å²) >= 11 is 5.98. The Morgan fingerprint density at radius 2 is 1.83 bits per heavy atom. The summed E-state index contributed by atoms with van der Waals surface area (Å²) in [6, 6.07) is 9.25. The molecule has 0 saturated carbocycles. The van der Waals surface area contributed by atoms with Crippen LogP contribution in [-0.2, 0) is 14.6 Å². The molecule has 0 bridgehead atoms. The van der Waals surface area contributed by atoms with E-state index in [0.29, 0.717) is 5.75 Å². The molecular weight excluding hydrogens is 357 g/mol. The fraction of sp³-hybridized carbons (Fsp3) is 0.188. The van der Waals surface area contributed by atoms with E-state index in [1.54, 1.807) is 0 Å². The molecule has 1 amide bonds. The largest absolute Gasteiger partial charge is 0.481 e. The van der Waals surface area contributed by atoms with E-state index in [-0.39, 0.29) is 15.6 Å². The number of amides is 1. The van der Waals surface area contributed by atoms with E-state index in [9.17, 15) is 17.6 Å². The van der Waals surface area contributed by atoms with Crippen molar-refractivity contribution in [2.45, 2.75) is 17.9 Å². The Hall–Kier alpha value is -2.12. The molecule has 0 heterocycles. The van der Waals surface area contributed by atoms with Crippen molar-refractivity contribution < 1.29 is 22.3 Å². The van der Waals surface area contributed by atoms with Gasteiger partial charge in [0, 0.05) is 6.26 Å². The lowest BCUT2D eigenvalue weighted by molar-refractivity contribution is -0.122. The minimum absolute atomic E-state index is 0.0364. The maximum atomic E-state index is 12.9. The number of halogens is 2. The van der Waals surface area contributed by atoms with Crippen LogP contribution in [0.1, 0.15) is 6.92 Å². The predicted molar refractivity (Wildman–Crippen MR) is 89.7 cm³/mol. The molecule has 2 aromatic rings. The van der Waals surface area contributed by atoms with Gasteiger partial charge in [0.15, 0.2) is 15.9 Å². The average Bonchev–Trinajstić information content (AvgIpc) is 2.50. The zero-order valence-corrected chi connectivity index (χ0v) is 14.5. The molecule has 8 heteroatoms. The summed E-state index contributed by atoms with van der Waals surface area (Å²) in [5.41, 5.74) is 0.166. The normalized spacial score (nSPS) is 12.5.